The molecular formula is C24H16N2O. The highest BCUT2D eigenvalue weighted by atomic mass is 16.3. The first kappa shape index (κ1) is 14.6. The Balaban J connectivity index is 1.75. The van der Waals surface area contributed by atoms with E-state index in [2.05, 4.69) is 71.1 Å². The SMILES string of the molecule is Cc1ccc2c(c1)c1ccccc1n2-c1cnc2oc3ccccc3c2c1. The van der Waals surface area contributed by atoms with Gasteiger partial charge in [-0.1, -0.05) is 48.0 Å². The number of rotatable bonds is 1. The molecule has 0 saturated carbocycles. The van der Waals surface area contributed by atoms with Crippen LogP contribution in [0.1, 0.15) is 5.56 Å². The second-order valence-corrected chi connectivity index (χ2v) is 7.02. The summed E-state index contributed by atoms with van der Waals surface area (Å²) in [7, 11) is 0. The summed E-state index contributed by atoms with van der Waals surface area (Å²) in [6.45, 7) is 2.14. The second-order valence-electron chi connectivity index (χ2n) is 7.02. The van der Waals surface area contributed by atoms with Gasteiger partial charge >= 0.3 is 0 Å². The molecule has 27 heavy (non-hydrogen) atoms. The minimum absolute atomic E-state index is 0.677. The fourth-order valence-corrected chi connectivity index (χ4v) is 4.08. The van der Waals surface area contributed by atoms with Crippen LogP contribution >= 0.6 is 0 Å². The van der Waals surface area contributed by atoms with Gasteiger partial charge in [-0.05, 0) is 37.3 Å². The highest BCUT2D eigenvalue weighted by molar-refractivity contribution is 6.10. The van der Waals surface area contributed by atoms with E-state index < -0.39 is 0 Å². The standard InChI is InChI=1S/C24H16N2O/c1-15-10-11-22-19(12-15)17-6-2-4-8-21(17)26(22)16-13-20-18-7-3-5-9-23(18)27-24(20)25-14-16/h2-14H,1H3. The first-order chi connectivity index (χ1) is 13.3. The Labute approximate surface area is 155 Å². The van der Waals surface area contributed by atoms with Crippen LogP contribution in [0.4, 0.5) is 0 Å². The first-order valence-corrected chi connectivity index (χ1v) is 9.07. The van der Waals surface area contributed by atoms with Gasteiger partial charge in [0.15, 0.2) is 0 Å². The molecule has 6 aromatic rings. The molecule has 0 atom stereocenters. The van der Waals surface area contributed by atoms with Gasteiger partial charge in [-0.25, -0.2) is 4.98 Å². The molecule has 3 aromatic carbocycles. The zero-order valence-corrected chi connectivity index (χ0v) is 14.8. The highest BCUT2D eigenvalue weighted by Gasteiger charge is 2.14. The number of hydrogen-bond acceptors (Lipinski definition) is 2. The van der Waals surface area contributed by atoms with E-state index in [1.807, 2.05) is 24.4 Å². The Morgan fingerprint density at radius 1 is 0.741 bits per heavy atom. The number of fused-ring (bicyclic) bond motifs is 6. The minimum Gasteiger partial charge on any atom is -0.438 e. The molecule has 0 unspecified atom stereocenters. The van der Waals surface area contributed by atoms with Gasteiger partial charge in [0.25, 0.3) is 0 Å². The van der Waals surface area contributed by atoms with Gasteiger partial charge in [0, 0.05) is 16.2 Å². The molecule has 3 aromatic heterocycles. The Hall–Kier alpha value is -3.59. The Morgan fingerprint density at radius 3 is 2.44 bits per heavy atom. The molecule has 0 N–H and O–H groups in total. The van der Waals surface area contributed by atoms with Crippen LogP contribution in [0.5, 0.6) is 0 Å². The van der Waals surface area contributed by atoms with Crippen LogP contribution in [0.25, 0.3) is 49.6 Å². The summed E-state index contributed by atoms with van der Waals surface area (Å²) < 4.78 is 8.19. The van der Waals surface area contributed by atoms with Crippen LogP contribution in [0, 0.1) is 6.92 Å². The van der Waals surface area contributed by atoms with Gasteiger partial charge < -0.3 is 8.98 Å². The summed E-state index contributed by atoms with van der Waals surface area (Å²) in [5, 5.41) is 4.66. The average Bonchev–Trinajstić information content (AvgIpc) is 3.23. The summed E-state index contributed by atoms with van der Waals surface area (Å²) in [6, 6.07) is 25.4. The lowest BCUT2D eigenvalue weighted by atomic mass is 10.1. The maximum absolute atomic E-state index is 5.90. The third-order valence-corrected chi connectivity index (χ3v) is 5.31. The molecule has 0 aliphatic carbocycles. The summed E-state index contributed by atoms with van der Waals surface area (Å²) in [4.78, 5) is 4.62. The molecule has 6 rings (SSSR count). The van der Waals surface area contributed by atoms with Gasteiger partial charge in [0.2, 0.25) is 5.71 Å². The largest absolute Gasteiger partial charge is 0.438 e. The summed E-state index contributed by atoms with van der Waals surface area (Å²) >= 11 is 0. The Bertz CT molecular complexity index is 1490. The van der Waals surface area contributed by atoms with E-state index in [9.17, 15) is 0 Å². The monoisotopic (exact) mass is 348 g/mol. The molecule has 0 aliphatic rings. The van der Waals surface area contributed by atoms with E-state index in [0.717, 1.165) is 22.0 Å². The quantitative estimate of drug-likeness (QED) is 0.345. The molecule has 0 radical (unpaired) electrons. The summed E-state index contributed by atoms with van der Waals surface area (Å²) in [5.74, 6) is 0. The molecule has 3 heteroatoms. The highest BCUT2D eigenvalue weighted by Crippen LogP contribution is 2.34. The lowest BCUT2D eigenvalue weighted by Crippen LogP contribution is -1.94. The maximum Gasteiger partial charge on any atom is 0.227 e. The van der Waals surface area contributed by atoms with E-state index in [0.29, 0.717) is 5.71 Å². The van der Waals surface area contributed by atoms with Crippen molar-refractivity contribution in [3.8, 4) is 5.69 Å². The lowest BCUT2D eigenvalue weighted by Gasteiger charge is -2.07. The van der Waals surface area contributed by atoms with Crippen molar-refractivity contribution in [2.24, 2.45) is 0 Å². The lowest BCUT2D eigenvalue weighted by molar-refractivity contribution is 0.654. The molecule has 128 valence electrons. The van der Waals surface area contributed by atoms with Crippen LogP contribution < -0.4 is 0 Å². The van der Waals surface area contributed by atoms with Crippen molar-refractivity contribution >= 4 is 43.9 Å². The predicted octanol–water partition coefficient (Wildman–Crippen LogP) is 6.39. The molecule has 0 amide bonds. The van der Waals surface area contributed by atoms with Crippen molar-refractivity contribution in [3.63, 3.8) is 0 Å². The number of nitrogens with zero attached hydrogens (tertiary/aromatic N) is 2. The van der Waals surface area contributed by atoms with E-state index in [-0.39, 0.29) is 0 Å². The Morgan fingerprint density at radius 2 is 1.52 bits per heavy atom. The van der Waals surface area contributed by atoms with E-state index in [1.54, 1.807) is 0 Å². The van der Waals surface area contributed by atoms with Crippen molar-refractivity contribution in [1.29, 1.82) is 0 Å². The third kappa shape index (κ3) is 1.99. The Kier molecular flexibility index (Phi) is 2.81. The van der Waals surface area contributed by atoms with E-state index in [1.165, 1.54) is 27.4 Å². The number of benzene rings is 3. The number of furan rings is 1. The molecule has 3 heterocycles. The van der Waals surface area contributed by atoms with E-state index >= 15 is 0 Å². The molecular weight excluding hydrogens is 332 g/mol. The van der Waals surface area contributed by atoms with Gasteiger partial charge in [-0.15, -0.1) is 0 Å². The molecule has 0 fully saturated rings. The fourth-order valence-electron chi connectivity index (χ4n) is 4.08. The van der Waals surface area contributed by atoms with Crippen LogP contribution in [-0.4, -0.2) is 9.55 Å². The number of pyridine rings is 1. The van der Waals surface area contributed by atoms with Crippen LogP contribution in [0.3, 0.4) is 0 Å². The topological polar surface area (TPSA) is 31.0 Å². The van der Waals surface area contributed by atoms with Crippen LogP contribution in [0.2, 0.25) is 0 Å². The van der Waals surface area contributed by atoms with Crippen molar-refractivity contribution in [3.05, 3.63) is 84.6 Å². The molecule has 3 nitrogen and oxygen atoms in total. The minimum atomic E-state index is 0.677. The molecule has 0 saturated heterocycles. The number of aryl methyl sites for hydroxylation is 1. The molecule has 0 bridgehead atoms. The normalized spacial score (nSPS) is 11.9. The van der Waals surface area contributed by atoms with Crippen LogP contribution in [-0.2, 0) is 0 Å². The second kappa shape index (κ2) is 5.21. The maximum atomic E-state index is 5.90. The third-order valence-electron chi connectivity index (χ3n) is 5.31. The zero-order chi connectivity index (χ0) is 18.0. The number of hydrogen-bond donors (Lipinski definition) is 0. The van der Waals surface area contributed by atoms with Crippen molar-refractivity contribution < 1.29 is 4.42 Å². The van der Waals surface area contributed by atoms with Gasteiger partial charge in [-0.3, -0.25) is 0 Å². The van der Waals surface area contributed by atoms with Crippen molar-refractivity contribution in [2.75, 3.05) is 0 Å². The van der Waals surface area contributed by atoms with Gasteiger partial charge in [0.1, 0.15) is 5.58 Å². The number of para-hydroxylation sites is 2. The summed E-state index contributed by atoms with van der Waals surface area (Å²) in [6.07, 6.45) is 1.90. The smallest absolute Gasteiger partial charge is 0.227 e. The van der Waals surface area contributed by atoms with E-state index in [4.69, 9.17) is 4.42 Å². The van der Waals surface area contributed by atoms with Crippen LogP contribution in [0.15, 0.2) is 83.4 Å². The van der Waals surface area contributed by atoms with Crippen molar-refractivity contribution in [2.45, 2.75) is 6.92 Å². The first-order valence-electron chi connectivity index (χ1n) is 9.07. The fraction of sp³-hybridized carbons (Fsp3) is 0.0417. The zero-order valence-electron chi connectivity index (χ0n) is 14.8. The van der Waals surface area contributed by atoms with Gasteiger partial charge in [0.05, 0.1) is 28.3 Å². The molecule has 0 spiro atoms. The van der Waals surface area contributed by atoms with Gasteiger partial charge in [-0.2, -0.15) is 0 Å². The number of aromatic nitrogens is 2. The average molecular weight is 348 g/mol. The molecule has 0 aliphatic heterocycles. The van der Waals surface area contributed by atoms with Crippen molar-refractivity contribution in [1.82, 2.24) is 9.55 Å². The predicted molar refractivity (Wildman–Crippen MR) is 111 cm³/mol. The summed E-state index contributed by atoms with van der Waals surface area (Å²) in [5.41, 5.74) is 6.23.